The summed E-state index contributed by atoms with van der Waals surface area (Å²) < 4.78 is 5.33. The predicted molar refractivity (Wildman–Crippen MR) is 52.7 cm³/mol. The molecule has 2 heterocycles. The number of ether oxygens (including phenoxy) is 1. The van der Waals surface area contributed by atoms with E-state index in [9.17, 15) is 4.79 Å². The number of carboxylic acid groups (broad SMARTS) is 1. The first-order valence-corrected chi connectivity index (χ1v) is 4.57. The Hall–Kier alpha value is -1.91. The van der Waals surface area contributed by atoms with Gasteiger partial charge in [0.25, 0.3) is 0 Å². The van der Waals surface area contributed by atoms with Crippen molar-refractivity contribution in [3.8, 4) is 0 Å². The van der Waals surface area contributed by atoms with Crippen molar-refractivity contribution in [2.45, 2.75) is 19.1 Å². The molecule has 78 valence electrons. The molecule has 0 bridgehead atoms. The zero-order chi connectivity index (χ0) is 10.8. The van der Waals surface area contributed by atoms with E-state index in [1.165, 1.54) is 0 Å². The molecular weight excluding hydrogens is 196 g/mol. The van der Waals surface area contributed by atoms with E-state index in [1.807, 2.05) is 0 Å². The Kier molecular flexibility index (Phi) is 2.37. The molecule has 2 atom stereocenters. The molecular formula is C10H10N2O3. The monoisotopic (exact) mass is 206 g/mol. The SMILES string of the molecule is CC1OC(c2ccccn2)=NC1C(=O)O. The van der Waals surface area contributed by atoms with Crippen LogP contribution in [0.15, 0.2) is 29.4 Å². The fourth-order valence-electron chi connectivity index (χ4n) is 1.37. The number of aromatic nitrogens is 1. The molecule has 15 heavy (non-hydrogen) atoms. The molecule has 0 saturated carbocycles. The number of carboxylic acids is 1. The van der Waals surface area contributed by atoms with Gasteiger partial charge in [-0.3, -0.25) is 4.98 Å². The van der Waals surface area contributed by atoms with E-state index in [2.05, 4.69) is 9.98 Å². The molecule has 0 radical (unpaired) electrons. The molecule has 0 saturated heterocycles. The quantitative estimate of drug-likeness (QED) is 0.773. The number of aliphatic carboxylic acids is 1. The molecule has 1 aromatic rings. The van der Waals surface area contributed by atoms with Gasteiger partial charge in [-0.1, -0.05) is 6.07 Å². The van der Waals surface area contributed by atoms with E-state index in [0.29, 0.717) is 11.6 Å². The van der Waals surface area contributed by atoms with E-state index < -0.39 is 18.1 Å². The summed E-state index contributed by atoms with van der Waals surface area (Å²) in [4.78, 5) is 18.8. The van der Waals surface area contributed by atoms with E-state index in [-0.39, 0.29) is 0 Å². The molecule has 0 spiro atoms. The van der Waals surface area contributed by atoms with Gasteiger partial charge in [0.05, 0.1) is 0 Å². The van der Waals surface area contributed by atoms with Gasteiger partial charge >= 0.3 is 5.97 Å². The smallest absolute Gasteiger partial charge is 0.332 e. The molecule has 0 aromatic carbocycles. The minimum atomic E-state index is -0.978. The Bertz CT molecular complexity index is 402. The lowest BCUT2D eigenvalue weighted by Gasteiger charge is -2.07. The summed E-state index contributed by atoms with van der Waals surface area (Å²) in [6, 6.07) is 4.47. The van der Waals surface area contributed by atoms with Crippen LogP contribution < -0.4 is 0 Å². The highest BCUT2D eigenvalue weighted by Crippen LogP contribution is 2.16. The van der Waals surface area contributed by atoms with Crippen molar-refractivity contribution in [1.82, 2.24) is 4.98 Å². The number of nitrogens with zero attached hydrogens (tertiary/aromatic N) is 2. The molecule has 2 rings (SSSR count). The van der Waals surface area contributed by atoms with Crippen molar-refractivity contribution in [1.29, 1.82) is 0 Å². The van der Waals surface area contributed by atoms with Crippen LogP contribution in [0.25, 0.3) is 0 Å². The summed E-state index contributed by atoms with van der Waals surface area (Å²) >= 11 is 0. The lowest BCUT2D eigenvalue weighted by Crippen LogP contribution is -2.27. The second-order valence-corrected chi connectivity index (χ2v) is 3.26. The Balaban J connectivity index is 2.27. The molecule has 1 aliphatic rings. The van der Waals surface area contributed by atoms with E-state index >= 15 is 0 Å². The minimum Gasteiger partial charge on any atom is -0.480 e. The predicted octanol–water partition coefficient (Wildman–Crippen LogP) is 0.700. The van der Waals surface area contributed by atoms with Crippen LogP contribution in [0.5, 0.6) is 0 Å². The molecule has 5 heteroatoms. The highest BCUT2D eigenvalue weighted by molar-refractivity contribution is 5.96. The van der Waals surface area contributed by atoms with Gasteiger partial charge in [0.15, 0.2) is 6.04 Å². The Morgan fingerprint density at radius 2 is 2.33 bits per heavy atom. The summed E-state index contributed by atoms with van der Waals surface area (Å²) in [5.74, 6) is -0.677. The van der Waals surface area contributed by atoms with Crippen LogP contribution in [0.1, 0.15) is 12.6 Å². The maximum atomic E-state index is 10.8. The Morgan fingerprint density at radius 1 is 1.53 bits per heavy atom. The Labute approximate surface area is 86.4 Å². The molecule has 1 aromatic heterocycles. The van der Waals surface area contributed by atoms with Gasteiger partial charge in [-0.25, -0.2) is 9.79 Å². The van der Waals surface area contributed by atoms with Crippen molar-refractivity contribution in [3.05, 3.63) is 30.1 Å². The van der Waals surface area contributed by atoms with Crippen LogP contribution in [0.2, 0.25) is 0 Å². The molecule has 0 fully saturated rings. The van der Waals surface area contributed by atoms with Gasteiger partial charge in [0, 0.05) is 6.20 Å². The highest BCUT2D eigenvalue weighted by Gasteiger charge is 2.33. The van der Waals surface area contributed by atoms with E-state index in [4.69, 9.17) is 9.84 Å². The molecule has 1 aliphatic heterocycles. The van der Waals surface area contributed by atoms with Crippen LogP contribution in [-0.4, -0.2) is 34.1 Å². The zero-order valence-corrected chi connectivity index (χ0v) is 8.12. The lowest BCUT2D eigenvalue weighted by atomic mass is 10.2. The number of pyridine rings is 1. The van der Waals surface area contributed by atoms with Crippen molar-refractivity contribution in [3.63, 3.8) is 0 Å². The number of hydrogen-bond donors (Lipinski definition) is 1. The Morgan fingerprint density at radius 3 is 2.87 bits per heavy atom. The molecule has 0 aliphatic carbocycles. The largest absolute Gasteiger partial charge is 0.480 e. The minimum absolute atomic E-state index is 0.301. The normalized spacial score (nSPS) is 24.5. The standard InChI is InChI=1S/C10H10N2O3/c1-6-8(10(13)14)12-9(15-6)7-4-2-3-5-11-7/h2-6,8H,1H3,(H,13,14). The van der Waals surface area contributed by atoms with Crippen LogP contribution >= 0.6 is 0 Å². The third-order valence-electron chi connectivity index (χ3n) is 2.14. The average Bonchev–Trinajstić information content (AvgIpc) is 2.62. The van der Waals surface area contributed by atoms with E-state index in [1.54, 1.807) is 31.3 Å². The van der Waals surface area contributed by atoms with Crippen LogP contribution in [0, 0.1) is 0 Å². The van der Waals surface area contributed by atoms with Crippen LogP contribution in [-0.2, 0) is 9.53 Å². The summed E-state index contributed by atoms with van der Waals surface area (Å²) in [5, 5.41) is 8.84. The van der Waals surface area contributed by atoms with Crippen molar-refractivity contribution >= 4 is 11.9 Å². The number of hydrogen-bond acceptors (Lipinski definition) is 4. The third-order valence-corrected chi connectivity index (χ3v) is 2.14. The second kappa shape index (κ2) is 3.68. The summed E-state index contributed by atoms with van der Waals surface area (Å²) in [6.45, 7) is 1.68. The maximum Gasteiger partial charge on any atom is 0.332 e. The maximum absolute atomic E-state index is 10.8. The van der Waals surface area contributed by atoms with Crippen LogP contribution in [0.4, 0.5) is 0 Å². The van der Waals surface area contributed by atoms with Gasteiger partial charge in [0.1, 0.15) is 11.8 Å². The molecule has 2 unspecified atom stereocenters. The van der Waals surface area contributed by atoms with E-state index in [0.717, 1.165) is 0 Å². The number of aliphatic imine (C=N–C) groups is 1. The zero-order valence-electron chi connectivity index (χ0n) is 8.12. The topological polar surface area (TPSA) is 71.8 Å². The van der Waals surface area contributed by atoms with Crippen molar-refractivity contribution in [2.24, 2.45) is 4.99 Å². The first-order valence-electron chi connectivity index (χ1n) is 4.57. The second-order valence-electron chi connectivity index (χ2n) is 3.26. The van der Waals surface area contributed by atoms with Gasteiger partial charge in [-0.15, -0.1) is 0 Å². The summed E-state index contributed by atoms with van der Waals surface area (Å²) in [7, 11) is 0. The van der Waals surface area contributed by atoms with Crippen molar-refractivity contribution < 1.29 is 14.6 Å². The fourth-order valence-corrected chi connectivity index (χ4v) is 1.37. The molecule has 5 nitrogen and oxygen atoms in total. The van der Waals surface area contributed by atoms with Crippen LogP contribution in [0.3, 0.4) is 0 Å². The summed E-state index contributed by atoms with van der Waals surface area (Å²) in [6.07, 6.45) is 1.17. The number of rotatable bonds is 2. The van der Waals surface area contributed by atoms with Crippen molar-refractivity contribution in [2.75, 3.05) is 0 Å². The first-order chi connectivity index (χ1) is 7.18. The summed E-state index contributed by atoms with van der Waals surface area (Å²) in [5.41, 5.74) is 0.563. The lowest BCUT2D eigenvalue weighted by molar-refractivity contribution is -0.139. The molecule has 0 amide bonds. The molecule has 1 N–H and O–H groups in total. The van der Waals surface area contributed by atoms with Gasteiger partial charge in [-0.05, 0) is 19.1 Å². The fraction of sp³-hybridized carbons (Fsp3) is 0.300. The average molecular weight is 206 g/mol. The third kappa shape index (κ3) is 1.81. The van der Waals surface area contributed by atoms with Gasteiger partial charge in [0.2, 0.25) is 5.90 Å². The highest BCUT2D eigenvalue weighted by atomic mass is 16.5. The number of carbonyl (C=O) groups is 1. The van der Waals surface area contributed by atoms with Gasteiger partial charge in [-0.2, -0.15) is 0 Å². The van der Waals surface area contributed by atoms with Gasteiger partial charge < -0.3 is 9.84 Å². The first kappa shape index (κ1) is 9.64.